The van der Waals surface area contributed by atoms with Crippen LogP contribution in [0.5, 0.6) is 0 Å². The molecule has 2 aromatic rings. The highest BCUT2D eigenvalue weighted by molar-refractivity contribution is 7.92. The quantitative estimate of drug-likeness (QED) is 0.639. The van der Waals surface area contributed by atoms with Gasteiger partial charge in [0.15, 0.2) is 0 Å². The highest BCUT2D eigenvalue weighted by Gasteiger charge is 2.28. The van der Waals surface area contributed by atoms with E-state index in [1.165, 1.54) is 24.3 Å². The van der Waals surface area contributed by atoms with Crippen molar-refractivity contribution in [3.8, 4) is 0 Å². The Morgan fingerprint density at radius 3 is 2.33 bits per heavy atom. The van der Waals surface area contributed by atoms with Crippen LogP contribution < -0.4 is 10.0 Å². The van der Waals surface area contributed by atoms with Gasteiger partial charge >= 0.3 is 0 Å². The highest BCUT2D eigenvalue weighted by Crippen LogP contribution is 2.22. The molecule has 0 bridgehead atoms. The standard InChI is InChI=1S/C23H27FN4O4S/c1-16-2-9-20(33(31,32)26-19-5-3-17(24)4-6-19)14-21(16)23(30)28-12-10-27(11-13-28)15-22(29)25-18-7-8-18/h2-6,9,14,18,26H,7-8,10-13,15H2,1H3,(H,25,29). The van der Waals surface area contributed by atoms with Crippen molar-refractivity contribution in [2.45, 2.75) is 30.7 Å². The molecule has 2 aliphatic rings. The zero-order valence-corrected chi connectivity index (χ0v) is 19.2. The van der Waals surface area contributed by atoms with Crippen LogP contribution in [0.2, 0.25) is 0 Å². The molecule has 0 unspecified atom stereocenters. The first-order chi connectivity index (χ1) is 15.7. The van der Waals surface area contributed by atoms with Gasteiger partial charge in [-0.05, 0) is 61.7 Å². The second kappa shape index (κ2) is 9.48. The Kier molecular flexibility index (Phi) is 6.66. The molecule has 0 atom stereocenters. The fourth-order valence-electron chi connectivity index (χ4n) is 3.71. The molecule has 0 radical (unpaired) electrons. The summed E-state index contributed by atoms with van der Waals surface area (Å²) in [5.41, 5.74) is 1.22. The second-order valence-corrected chi connectivity index (χ2v) is 10.2. The average molecular weight is 475 g/mol. The van der Waals surface area contributed by atoms with Gasteiger partial charge in [-0.3, -0.25) is 19.2 Å². The SMILES string of the molecule is Cc1ccc(S(=O)(=O)Nc2ccc(F)cc2)cc1C(=O)N1CCN(CC(=O)NC2CC2)CC1. The Balaban J connectivity index is 1.41. The van der Waals surface area contributed by atoms with E-state index in [0.717, 1.165) is 25.0 Å². The van der Waals surface area contributed by atoms with Gasteiger partial charge in [-0.2, -0.15) is 0 Å². The summed E-state index contributed by atoms with van der Waals surface area (Å²) in [4.78, 5) is 28.8. The number of rotatable bonds is 7. The number of sulfonamides is 1. The lowest BCUT2D eigenvalue weighted by atomic mass is 10.1. The maximum absolute atomic E-state index is 13.1. The molecule has 1 aliphatic carbocycles. The average Bonchev–Trinajstić information content (AvgIpc) is 3.59. The fraction of sp³-hybridized carbons (Fsp3) is 0.391. The van der Waals surface area contributed by atoms with Gasteiger partial charge in [-0.25, -0.2) is 12.8 Å². The molecular weight excluding hydrogens is 447 g/mol. The van der Waals surface area contributed by atoms with Gasteiger partial charge in [0.2, 0.25) is 5.91 Å². The van der Waals surface area contributed by atoms with Crippen LogP contribution in [0.4, 0.5) is 10.1 Å². The molecule has 0 aromatic heterocycles. The van der Waals surface area contributed by atoms with Crippen molar-refractivity contribution in [1.82, 2.24) is 15.1 Å². The Bertz CT molecular complexity index is 1140. The lowest BCUT2D eigenvalue weighted by Crippen LogP contribution is -2.51. The molecule has 0 spiro atoms. The van der Waals surface area contributed by atoms with Crippen LogP contribution in [-0.2, 0) is 14.8 Å². The Hall–Kier alpha value is -2.98. The Labute approximate surface area is 192 Å². The van der Waals surface area contributed by atoms with E-state index in [1.54, 1.807) is 17.9 Å². The largest absolute Gasteiger partial charge is 0.352 e. The highest BCUT2D eigenvalue weighted by atomic mass is 32.2. The van der Waals surface area contributed by atoms with E-state index in [-0.39, 0.29) is 22.4 Å². The predicted molar refractivity (Wildman–Crippen MR) is 122 cm³/mol. The van der Waals surface area contributed by atoms with E-state index in [9.17, 15) is 22.4 Å². The van der Waals surface area contributed by atoms with Crippen molar-refractivity contribution in [2.24, 2.45) is 0 Å². The third-order valence-corrected chi connectivity index (χ3v) is 7.19. The normalized spacial score (nSPS) is 17.0. The number of benzene rings is 2. The molecule has 2 fully saturated rings. The summed E-state index contributed by atoms with van der Waals surface area (Å²) < 4.78 is 41.1. The monoisotopic (exact) mass is 474 g/mol. The molecule has 2 aromatic carbocycles. The van der Waals surface area contributed by atoms with Gasteiger partial charge in [-0.15, -0.1) is 0 Å². The van der Waals surface area contributed by atoms with Crippen molar-refractivity contribution in [2.75, 3.05) is 37.4 Å². The number of hydrogen-bond acceptors (Lipinski definition) is 5. The van der Waals surface area contributed by atoms with Crippen molar-refractivity contribution in [3.05, 3.63) is 59.4 Å². The minimum absolute atomic E-state index is 0.0136. The number of halogens is 1. The van der Waals surface area contributed by atoms with Crippen molar-refractivity contribution in [1.29, 1.82) is 0 Å². The summed E-state index contributed by atoms with van der Waals surface area (Å²) in [5, 5.41) is 2.97. The third-order valence-electron chi connectivity index (χ3n) is 5.82. The predicted octanol–water partition coefficient (Wildman–Crippen LogP) is 1.97. The smallest absolute Gasteiger partial charge is 0.261 e. The topological polar surface area (TPSA) is 98.8 Å². The second-order valence-electron chi connectivity index (χ2n) is 8.50. The van der Waals surface area contributed by atoms with E-state index in [4.69, 9.17) is 0 Å². The maximum atomic E-state index is 13.1. The molecule has 1 aliphatic heterocycles. The van der Waals surface area contributed by atoms with Crippen molar-refractivity contribution in [3.63, 3.8) is 0 Å². The molecule has 33 heavy (non-hydrogen) atoms. The first-order valence-electron chi connectivity index (χ1n) is 10.9. The minimum Gasteiger partial charge on any atom is -0.352 e. The molecule has 176 valence electrons. The van der Waals surface area contributed by atoms with Gasteiger partial charge in [0.05, 0.1) is 11.4 Å². The van der Waals surface area contributed by atoms with Crippen molar-refractivity contribution >= 4 is 27.5 Å². The Morgan fingerprint density at radius 2 is 1.70 bits per heavy atom. The molecule has 1 saturated carbocycles. The number of anilines is 1. The number of nitrogens with one attached hydrogen (secondary N) is 2. The first kappa shape index (κ1) is 23.2. The van der Waals surface area contributed by atoms with E-state index in [0.29, 0.717) is 49.9 Å². The lowest BCUT2D eigenvalue weighted by Gasteiger charge is -2.34. The molecule has 2 N–H and O–H groups in total. The number of piperazine rings is 1. The van der Waals surface area contributed by atoms with E-state index >= 15 is 0 Å². The number of nitrogens with zero attached hydrogens (tertiary/aromatic N) is 2. The lowest BCUT2D eigenvalue weighted by molar-refractivity contribution is -0.122. The number of hydrogen-bond donors (Lipinski definition) is 2. The van der Waals surface area contributed by atoms with Crippen LogP contribution >= 0.6 is 0 Å². The van der Waals surface area contributed by atoms with Crippen LogP contribution in [0.1, 0.15) is 28.8 Å². The number of carbonyl (C=O) groups excluding carboxylic acids is 2. The number of amides is 2. The molecule has 1 heterocycles. The van der Waals surface area contributed by atoms with Crippen LogP contribution in [0.25, 0.3) is 0 Å². The summed E-state index contributed by atoms with van der Waals surface area (Å²) in [7, 11) is -3.95. The summed E-state index contributed by atoms with van der Waals surface area (Å²) in [5.74, 6) is -0.696. The zero-order chi connectivity index (χ0) is 23.6. The van der Waals surface area contributed by atoms with Gasteiger partial charge in [0, 0.05) is 43.5 Å². The van der Waals surface area contributed by atoms with Crippen molar-refractivity contribution < 1.29 is 22.4 Å². The minimum atomic E-state index is -3.95. The molecule has 2 amide bonds. The van der Waals surface area contributed by atoms with E-state index < -0.39 is 15.8 Å². The van der Waals surface area contributed by atoms with Gasteiger partial charge in [0.25, 0.3) is 15.9 Å². The fourth-order valence-corrected chi connectivity index (χ4v) is 4.80. The molecule has 8 nitrogen and oxygen atoms in total. The number of carbonyl (C=O) groups is 2. The molecule has 10 heteroatoms. The Morgan fingerprint density at radius 1 is 1.03 bits per heavy atom. The third kappa shape index (κ3) is 5.88. The van der Waals surface area contributed by atoms with Crippen LogP contribution in [0.15, 0.2) is 47.4 Å². The van der Waals surface area contributed by atoms with Crippen LogP contribution in [0, 0.1) is 12.7 Å². The molecule has 4 rings (SSSR count). The van der Waals surface area contributed by atoms with Crippen LogP contribution in [-0.4, -0.2) is 68.8 Å². The summed E-state index contributed by atoms with van der Waals surface area (Å²) in [6.45, 7) is 4.15. The summed E-state index contributed by atoms with van der Waals surface area (Å²) in [6.07, 6.45) is 2.09. The van der Waals surface area contributed by atoms with Gasteiger partial charge in [0.1, 0.15) is 5.82 Å². The van der Waals surface area contributed by atoms with Crippen LogP contribution in [0.3, 0.4) is 0 Å². The van der Waals surface area contributed by atoms with Gasteiger partial charge < -0.3 is 10.2 Å². The first-order valence-corrected chi connectivity index (χ1v) is 12.4. The zero-order valence-electron chi connectivity index (χ0n) is 18.4. The van der Waals surface area contributed by atoms with E-state index in [1.807, 2.05) is 4.90 Å². The maximum Gasteiger partial charge on any atom is 0.261 e. The summed E-state index contributed by atoms with van der Waals surface area (Å²) in [6, 6.07) is 9.73. The molecular formula is C23H27FN4O4S. The van der Waals surface area contributed by atoms with E-state index in [2.05, 4.69) is 10.0 Å². The number of aryl methyl sites for hydroxylation is 1. The van der Waals surface area contributed by atoms with Gasteiger partial charge in [-0.1, -0.05) is 6.07 Å². The molecule has 1 saturated heterocycles. The summed E-state index contributed by atoms with van der Waals surface area (Å²) >= 11 is 0.